The van der Waals surface area contributed by atoms with Gasteiger partial charge in [0.25, 0.3) is 0 Å². The van der Waals surface area contributed by atoms with Gasteiger partial charge in [-0.15, -0.1) is 21.5 Å². The van der Waals surface area contributed by atoms with E-state index in [-0.39, 0.29) is 11.7 Å². The van der Waals surface area contributed by atoms with E-state index >= 15 is 0 Å². The Labute approximate surface area is 191 Å². The third kappa shape index (κ3) is 4.98. The van der Waals surface area contributed by atoms with Crippen molar-refractivity contribution in [1.29, 1.82) is 5.26 Å². The van der Waals surface area contributed by atoms with Gasteiger partial charge in [-0.2, -0.15) is 5.26 Å². The number of ether oxygens (including phenoxy) is 1. The number of methoxy groups -OCH3 is 1. The van der Waals surface area contributed by atoms with Gasteiger partial charge in [-0.1, -0.05) is 47.0 Å². The summed E-state index contributed by atoms with van der Waals surface area (Å²) in [6.45, 7) is 0. The fraction of sp³-hybridized carbons (Fsp3) is 0.300. The summed E-state index contributed by atoms with van der Waals surface area (Å²) in [5, 5.41) is 21.4. The normalized spacial score (nSPS) is 12.4. The number of anilines is 1. The Bertz CT molecular complexity index is 1090. The Morgan fingerprint density at radius 2 is 1.97 bits per heavy atom. The van der Waals surface area contributed by atoms with E-state index in [4.69, 9.17) is 4.74 Å². The second-order valence-electron chi connectivity index (χ2n) is 6.48. The van der Waals surface area contributed by atoms with Crippen molar-refractivity contribution in [3.05, 3.63) is 45.8 Å². The maximum Gasteiger partial charge on any atom is 0.235 e. The number of benzene rings is 1. The molecule has 154 valence electrons. The molecule has 1 aliphatic rings. The van der Waals surface area contributed by atoms with Crippen LogP contribution in [0.2, 0.25) is 0 Å². The molecule has 0 aliphatic heterocycles. The first-order valence-electron chi connectivity index (χ1n) is 9.22. The predicted molar refractivity (Wildman–Crippen MR) is 123 cm³/mol. The molecule has 0 saturated carbocycles. The molecule has 1 aliphatic carbocycles. The van der Waals surface area contributed by atoms with Crippen molar-refractivity contribution in [2.24, 2.45) is 0 Å². The van der Waals surface area contributed by atoms with Crippen molar-refractivity contribution >= 4 is 57.1 Å². The maximum atomic E-state index is 12.4. The summed E-state index contributed by atoms with van der Waals surface area (Å²) >= 11 is 6.00. The SMILES string of the molecule is COc1ccc(CSc2nnc(SCC(=O)Nc3sc4c(c3C#N)CCC4)s2)cc1. The zero-order valence-corrected chi connectivity index (χ0v) is 19.4. The molecule has 6 nitrogen and oxygen atoms in total. The molecule has 1 N–H and O–H groups in total. The highest BCUT2D eigenvalue weighted by Crippen LogP contribution is 2.38. The second-order valence-corrected chi connectivity index (χ2v) is 11.0. The zero-order chi connectivity index (χ0) is 20.9. The molecule has 1 aromatic carbocycles. The van der Waals surface area contributed by atoms with Gasteiger partial charge in [0.1, 0.15) is 16.8 Å². The Morgan fingerprint density at radius 3 is 2.70 bits per heavy atom. The van der Waals surface area contributed by atoms with Crippen molar-refractivity contribution in [3.63, 3.8) is 0 Å². The Balaban J connectivity index is 1.27. The number of aryl methyl sites for hydroxylation is 1. The van der Waals surface area contributed by atoms with Gasteiger partial charge in [0.15, 0.2) is 8.68 Å². The number of fused-ring (bicyclic) bond motifs is 1. The third-order valence-corrected chi connectivity index (χ3v) is 8.99. The number of carbonyl (C=O) groups is 1. The lowest BCUT2D eigenvalue weighted by molar-refractivity contribution is -0.113. The number of nitriles is 1. The molecular formula is C20H18N4O2S4. The van der Waals surface area contributed by atoms with Crippen LogP contribution in [0.1, 0.15) is 28.0 Å². The maximum absolute atomic E-state index is 12.4. The van der Waals surface area contributed by atoms with E-state index in [1.54, 1.807) is 18.9 Å². The van der Waals surface area contributed by atoms with Crippen LogP contribution in [-0.2, 0) is 23.4 Å². The zero-order valence-electron chi connectivity index (χ0n) is 16.1. The highest BCUT2D eigenvalue weighted by molar-refractivity contribution is 8.03. The van der Waals surface area contributed by atoms with E-state index in [1.807, 2.05) is 24.3 Å². The van der Waals surface area contributed by atoms with Crippen LogP contribution in [0.15, 0.2) is 32.9 Å². The molecule has 0 saturated heterocycles. The first kappa shape index (κ1) is 21.2. The first-order valence-corrected chi connectivity index (χ1v) is 12.8. The topological polar surface area (TPSA) is 87.9 Å². The predicted octanol–water partition coefficient (Wildman–Crippen LogP) is 4.99. The second kappa shape index (κ2) is 9.83. The minimum absolute atomic E-state index is 0.126. The molecule has 10 heteroatoms. The van der Waals surface area contributed by atoms with Crippen molar-refractivity contribution in [1.82, 2.24) is 10.2 Å². The summed E-state index contributed by atoms with van der Waals surface area (Å²) in [5.41, 5.74) is 2.94. The van der Waals surface area contributed by atoms with Crippen molar-refractivity contribution < 1.29 is 9.53 Å². The van der Waals surface area contributed by atoms with Gasteiger partial charge in [0.05, 0.1) is 18.4 Å². The number of nitrogens with zero attached hydrogens (tertiary/aromatic N) is 3. The molecule has 30 heavy (non-hydrogen) atoms. The first-order chi connectivity index (χ1) is 14.7. The number of hydrogen-bond donors (Lipinski definition) is 1. The van der Waals surface area contributed by atoms with E-state index < -0.39 is 0 Å². The van der Waals surface area contributed by atoms with Crippen molar-refractivity contribution in [2.75, 3.05) is 18.2 Å². The third-order valence-electron chi connectivity index (χ3n) is 4.52. The molecule has 0 radical (unpaired) electrons. The number of aromatic nitrogens is 2. The number of carbonyl (C=O) groups excluding carboxylic acids is 1. The van der Waals surface area contributed by atoms with E-state index in [0.29, 0.717) is 10.6 Å². The minimum atomic E-state index is -0.126. The monoisotopic (exact) mass is 474 g/mol. The summed E-state index contributed by atoms with van der Waals surface area (Å²) < 4.78 is 6.80. The average Bonchev–Trinajstić information content (AvgIpc) is 3.47. The van der Waals surface area contributed by atoms with Crippen LogP contribution >= 0.6 is 46.2 Å². The molecule has 2 heterocycles. The molecule has 0 fully saturated rings. The highest BCUT2D eigenvalue weighted by Gasteiger charge is 2.23. The Morgan fingerprint density at radius 1 is 1.20 bits per heavy atom. The highest BCUT2D eigenvalue weighted by atomic mass is 32.2. The van der Waals surface area contributed by atoms with E-state index in [2.05, 4.69) is 21.6 Å². The lowest BCUT2D eigenvalue weighted by atomic mass is 10.1. The molecule has 0 spiro atoms. The quantitative estimate of drug-likeness (QED) is 0.460. The fourth-order valence-corrected chi connectivity index (χ4v) is 7.11. The molecule has 2 aromatic heterocycles. The van der Waals surface area contributed by atoms with Crippen molar-refractivity contribution in [2.45, 2.75) is 33.7 Å². The van der Waals surface area contributed by atoms with Crippen molar-refractivity contribution in [3.8, 4) is 11.8 Å². The number of rotatable bonds is 8. The molecule has 0 atom stereocenters. The number of amides is 1. The number of thioether (sulfide) groups is 2. The van der Waals surface area contributed by atoms with Crippen LogP contribution in [-0.4, -0.2) is 29.0 Å². The summed E-state index contributed by atoms with van der Waals surface area (Å²) in [5.74, 6) is 1.75. The number of thiophene rings is 1. The van der Waals surface area contributed by atoms with Gasteiger partial charge < -0.3 is 10.1 Å². The van der Waals surface area contributed by atoms with Crippen LogP contribution < -0.4 is 10.1 Å². The molecule has 0 bridgehead atoms. The van der Waals surface area contributed by atoms with Crippen LogP contribution in [0.25, 0.3) is 0 Å². The molecule has 3 aromatic rings. The average molecular weight is 475 g/mol. The van der Waals surface area contributed by atoms with Crippen LogP contribution in [0.4, 0.5) is 5.00 Å². The summed E-state index contributed by atoms with van der Waals surface area (Å²) in [6, 6.07) is 10.2. The molecule has 0 unspecified atom stereocenters. The lowest BCUT2D eigenvalue weighted by Gasteiger charge is -2.02. The number of hydrogen-bond acceptors (Lipinski definition) is 9. The molecule has 1 amide bonds. The van der Waals surface area contributed by atoms with E-state index in [0.717, 1.165) is 45.0 Å². The van der Waals surface area contributed by atoms with Gasteiger partial charge in [-0.3, -0.25) is 4.79 Å². The summed E-state index contributed by atoms with van der Waals surface area (Å²) in [7, 11) is 1.65. The fourth-order valence-electron chi connectivity index (χ4n) is 3.08. The smallest absolute Gasteiger partial charge is 0.235 e. The molecular weight excluding hydrogens is 457 g/mol. The van der Waals surface area contributed by atoms with Crippen LogP contribution in [0.5, 0.6) is 5.75 Å². The molecule has 4 rings (SSSR count). The summed E-state index contributed by atoms with van der Waals surface area (Å²) in [6.07, 6.45) is 3.03. The van der Waals surface area contributed by atoms with E-state index in [1.165, 1.54) is 44.9 Å². The van der Waals surface area contributed by atoms with Gasteiger partial charge in [0.2, 0.25) is 5.91 Å². The van der Waals surface area contributed by atoms with Gasteiger partial charge in [0, 0.05) is 10.6 Å². The van der Waals surface area contributed by atoms with Crippen LogP contribution in [0.3, 0.4) is 0 Å². The standard InChI is InChI=1S/C20H18N4O2S4/c1-26-13-7-5-12(6-8-13)10-27-19-23-24-20(30-19)28-11-17(25)22-18-15(9-21)14-3-2-4-16(14)29-18/h5-8H,2-4,10-11H2,1H3,(H,22,25). The minimum Gasteiger partial charge on any atom is -0.497 e. The van der Waals surface area contributed by atoms with Crippen LogP contribution in [0, 0.1) is 11.3 Å². The van der Waals surface area contributed by atoms with E-state index in [9.17, 15) is 10.1 Å². The lowest BCUT2D eigenvalue weighted by Crippen LogP contribution is -2.13. The Hall–Kier alpha value is -2.06. The largest absolute Gasteiger partial charge is 0.497 e. The van der Waals surface area contributed by atoms with Gasteiger partial charge >= 0.3 is 0 Å². The van der Waals surface area contributed by atoms with Gasteiger partial charge in [-0.05, 0) is 42.5 Å². The summed E-state index contributed by atoms with van der Waals surface area (Å²) in [4.78, 5) is 13.6. The Kier molecular flexibility index (Phi) is 6.94. The van der Waals surface area contributed by atoms with Gasteiger partial charge in [-0.25, -0.2) is 0 Å². The number of nitrogens with one attached hydrogen (secondary N) is 1.